The standard InChI is InChI=1S/C20H26ClN3/c1-13-18(14-8-10-15(11-9-14)20(2,3)4)19(22)24(23-13)17-7-5-6-16(21)12-17/h5-8,12,15H,9-11,22H2,1-4H3/t15-/m1/s1. The molecule has 1 aliphatic carbocycles. The lowest BCUT2D eigenvalue weighted by molar-refractivity contribution is 0.225. The summed E-state index contributed by atoms with van der Waals surface area (Å²) >= 11 is 6.11. The lowest BCUT2D eigenvalue weighted by atomic mass is 9.72. The minimum atomic E-state index is 0.355. The Hall–Kier alpha value is -1.74. The lowest BCUT2D eigenvalue weighted by Crippen LogP contribution is -2.22. The highest BCUT2D eigenvalue weighted by molar-refractivity contribution is 6.30. The number of nitrogens with zero attached hydrogens (tertiary/aromatic N) is 2. The van der Waals surface area contributed by atoms with E-state index in [1.165, 1.54) is 12.0 Å². The highest BCUT2D eigenvalue weighted by Crippen LogP contribution is 2.41. The Balaban J connectivity index is 1.95. The van der Waals surface area contributed by atoms with E-state index in [1.807, 2.05) is 31.2 Å². The first-order chi connectivity index (χ1) is 11.3. The van der Waals surface area contributed by atoms with Crippen molar-refractivity contribution < 1.29 is 0 Å². The number of benzene rings is 1. The molecular formula is C20H26ClN3. The van der Waals surface area contributed by atoms with E-state index < -0.39 is 0 Å². The highest BCUT2D eigenvalue weighted by Gasteiger charge is 2.28. The summed E-state index contributed by atoms with van der Waals surface area (Å²) in [6, 6.07) is 7.64. The molecule has 2 aromatic rings. The van der Waals surface area contributed by atoms with Gasteiger partial charge in [0.15, 0.2) is 0 Å². The zero-order valence-corrected chi connectivity index (χ0v) is 15.7. The van der Waals surface area contributed by atoms with Gasteiger partial charge in [-0.15, -0.1) is 0 Å². The molecule has 0 saturated heterocycles. The van der Waals surface area contributed by atoms with Gasteiger partial charge in [0.2, 0.25) is 0 Å². The zero-order chi connectivity index (χ0) is 17.5. The van der Waals surface area contributed by atoms with Crippen molar-refractivity contribution in [2.45, 2.75) is 47.0 Å². The van der Waals surface area contributed by atoms with Crippen molar-refractivity contribution in [2.24, 2.45) is 11.3 Å². The van der Waals surface area contributed by atoms with Gasteiger partial charge in [-0.1, -0.05) is 44.5 Å². The minimum Gasteiger partial charge on any atom is -0.383 e. The average Bonchev–Trinajstić information content (AvgIpc) is 2.81. The summed E-state index contributed by atoms with van der Waals surface area (Å²) in [5.41, 5.74) is 11.1. The Bertz CT molecular complexity index is 781. The zero-order valence-electron chi connectivity index (χ0n) is 14.9. The number of nitrogens with two attached hydrogens (primary N) is 1. The van der Waals surface area contributed by atoms with E-state index in [4.69, 9.17) is 17.3 Å². The third kappa shape index (κ3) is 3.23. The van der Waals surface area contributed by atoms with Gasteiger partial charge in [-0.3, -0.25) is 0 Å². The summed E-state index contributed by atoms with van der Waals surface area (Å²) in [7, 11) is 0. The van der Waals surface area contributed by atoms with Crippen molar-refractivity contribution in [1.82, 2.24) is 9.78 Å². The van der Waals surface area contributed by atoms with Crippen LogP contribution in [0.3, 0.4) is 0 Å². The fraction of sp³-hybridized carbons (Fsp3) is 0.450. The van der Waals surface area contributed by atoms with Crippen LogP contribution < -0.4 is 5.73 Å². The average molecular weight is 344 g/mol. The SMILES string of the molecule is Cc1nn(-c2cccc(Cl)c2)c(N)c1C1=CC[C@@H](C(C)(C)C)CC1. The Morgan fingerprint density at radius 1 is 1.29 bits per heavy atom. The minimum absolute atomic E-state index is 0.355. The smallest absolute Gasteiger partial charge is 0.135 e. The maximum Gasteiger partial charge on any atom is 0.135 e. The summed E-state index contributed by atoms with van der Waals surface area (Å²) < 4.78 is 1.80. The predicted molar refractivity (Wildman–Crippen MR) is 102 cm³/mol. The molecule has 1 aliphatic rings. The van der Waals surface area contributed by atoms with E-state index in [0.29, 0.717) is 16.3 Å². The fourth-order valence-corrected chi connectivity index (χ4v) is 3.78. The van der Waals surface area contributed by atoms with Crippen LogP contribution in [0.2, 0.25) is 5.02 Å². The summed E-state index contributed by atoms with van der Waals surface area (Å²) in [5, 5.41) is 5.34. The van der Waals surface area contributed by atoms with Gasteiger partial charge in [0.1, 0.15) is 5.82 Å². The van der Waals surface area contributed by atoms with E-state index >= 15 is 0 Å². The molecule has 0 aliphatic heterocycles. The number of aryl methyl sites for hydroxylation is 1. The quantitative estimate of drug-likeness (QED) is 0.766. The fourth-order valence-electron chi connectivity index (χ4n) is 3.59. The van der Waals surface area contributed by atoms with Crippen LogP contribution in [0.4, 0.5) is 5.82 Å². The van der Waals surface area contributed by atoms with Gasteiger partial charge in [0.25, 0.3) is 0 Å². The second kappa shape index (κ2) is 6.29. The molecule has 0 bridgehead atoms. The number of hydrogen-bond donors (Lipinski definition) is 1. The predicted octanol–water partition coefficient (Wildman–Crippen LogP) is 5.65. The number of anilines is 1. The van der Waals surface area contributed by atoms with Crippen molar-refractivity contribution in [3.63, 3.8) is 0 Å². The van der Waals surface area contributed by atoms with Crippen molar-refractivity contribution in [1.29, 1.82) is 0 Å². The molecular weight excluding hydrogens is 318 g/mol. The largest absolute Gasteiger partial charge is 0.383 e. The molecule has 0 unspecified atom stereocenters. The second-order valence-corrected chi connectivity index (χ2v) is 8.24. The molecule has 3 nitrogen and oxygen atoms in total. The number of rotatable bonds is 2. The Kier molecular flexibility index (Phi) is 4.48. The van der Waals surface area contributed by atoms with Crippen molar-refractivity contribution in [3.05, 3.63) is 46.6 Å². The van der Waals surface area contributed by atoms with E-state index in [0.717, 1.165) is 35.7 Å². The molecule has 4 heteroatoms. The summed E-state index contributed by atoms with van der Waals surface area (Å²) in [6.45, 7) is 9.01. The van der Waals surface area contributed by atoms with Crippen LogP contribution in [0.1, 0.15) is 51.3 Å². The third-order valence-electron chi connectivity index (χ3n) is 5.11. The molecule has 0 saturated carbocycles. The molecule has 2 N–H and O–H groups in total. The van der Waals surface area contributed by atoms with Crippen LogP contribution in [0.25, 0.3) is 11.3 Å². The monoisotopic (exact) mass is 343 g/mol. The van der Waals surface area contributed by atoms with Crippen molar-refractivity contribution in [3.8, 4) is 5.69 Å². The van der Waals surface area contributed by atoms with E-state index in [9.17, 15) is 0 Å². The Morgan fingerprint density at radius 3 is 2.62 bits per heavy atom. The highest BCUT2D eigenvalue weighted by atomic mass is 35.5. The lowest BCUT2D eigenvalue weighted by Gasteiger charge is -2.33. The van der Waals surface area contributed by atoms with Crippen LogP contribution in [0.15, 0.2) is 30.3 Å². The van der Waals surface area contributed by atoms with Gasteiger partial charge >= 0.3 is 0 Å². The molecule has 1 aromatic heterocycles. The molecule has 3 rings (SSSR count). The Morgan fingerprint density at radius 2 is 2.04 bits per heavy atom. The first-order valence-electron chi connectivity index (χ1n) is 8.58. The number of halogens is 1. The van der Waals surface area contributed by atoms with E-state index in [-0.39, 0.29) is 0 Å². The van der Waals surface area contributed by atoms with Gasteiger partial charge in [0, 0.05) is 10.6 Å². The number of aromatic nitrogens is 2. The van der Waals surface area contributed by atoms with Gasteiger partial charge in [-0.05, 0) is 61.3 Å². The number of nitrogen functional groups attached to an aromatic ring is 1. The number of hydrogen-bond acceptors (Lipinski definition) is 2. The molecule has 24 heavy (non-hydrogen) atoms. The van der Waals surface area contributed by atoms with Gasteiger partial charge in [-0.25, -0.2) is 4.68 Å². The third-order valence-corrected chi connectivity index (χ3v) is 5.34. The normalized spacial score (nSPS) is 18.5. The topological polar surface area (TPSA) is 43.8 Å². The van der Waals surface area contributed by atoms with Crippen LogP contribution >= 0.6 is 11.6 Å². The Labute approximate surface area is 149 Å². The maximum atomic E-state index is 6.45. The molecule has 0 spiro atoms. The molecule has 1 aromatic carbocycles. The molecule has 0 radical (unpaired) electrons. The second-order valence-electron chi connectivity index (χ2n) is 7.80. The van der Waals surface area contributed by atoms with Crippen LogP contribution in [0.5, 0.6) is 0 Å². The first-order valence-corrected chi connectivity index (χ1v) is 8.95. The van der Waals surface area contributed by atoms with Gasteiger partial charge < -0.3 is 5.73 Å². The van der Waals surface area contributed by atoms with Crippen LogP contribution in [-0.2, 0) is 0 Å². The van der Waals surface area contributed by atoms with Crippen molar-refractivity contribution >= 4 is 23.0 Å². The van der Waals surface area contributed by atoms with Gasteiger partial charge in [-0.2, -0.15) is 5.10 Å². The summed E-state index contributed by atoms with van der Waals surface area (Å²) in [4.78, 5) is 0. The van der Waals surface area contributed by atoms with Crippen molar-refractivity contribution in [2.75, 3.05) is 5.73 Å². The molecule has 1 atom stereocenters. The van der Waals surface area contributed by atoms with Crippen LogP contribution in [0, 0.1) is 18.3 Å². The van der Waals surface area contributed by atoms with E-state index in [1.54, 1.807) is 4.68 Å². The number of allylic oxidation sites excluding steroid dienone is 2. The molecule has 0 amide bonds. The van der Waals surface area contributed by atoms with Gasteiger partial charge in [0.05, 0.1) is 11.4 Å². The van der Waals surface area contributed by atoms with E-state index in [2.05, 4.69) is 31.9 Å². The molecule has 128 valence electrons. The molecule has 1 heterocycles. The maximum absolute atomic E-state index is 6.45. The first kappa shape index (κ1) is 17.1. The molecule has 0 fully saturated rings. The summed E-state index contributed by atoms with van der Waals surface area (Å²) in [6.07, 6.45) is 5.74. The van der Waals surface area contributed by atoms with Crippen LogP contribution in [-0.4, -0.2) is 9.78 Å². The summed E-state index contributed by atoms with van der Waals surface area (Å²) in [5.74, 6) is 1.43.